The molecule has 2 aliphatic rings. The molecule has 0 saturated heterocycles. The van der Waals surface area contributed by atoms with Gasteiger partial charge < -0.3 is 19.9 Å². The molecular weight excluding hydrogens is 406 g/mol. The summed E-state index contributed by atoms with van der Waals surface area (Å²) in [5, 5.41) is -0.757. The first-order valence-electron chi connectivity index (χ1n) is 8.65. The minimum atomic E-state index is -3.92. The number of hydrogen-bond acceptors (Lipinski definition) is 7. The lowest BCUT2D eigenvalue weighted by Gasteiger charge is -2.11. The lowest BCUT2D eigenvalue weighted by Crippen LogP contribution is -2.41. The van der Waals surface area contributed by atoms with Crippen molar-refractivity contribution >= 4 is 27.4 Å². The second-order valence-electron chi connectivity index (χ2n) is 6.66. The van der Waals surface area contributed by atoms with Crippen molar-refractivity contribution in [3.05, 3.63) is 53.1 Å². The van der Waals surface area contributed by atoms with Gasteiger partial charge in [-0.05, 0) is 48.9 Å². The molecule has 148 valence electrons. The van der Waals surface area contributed by atoms with Crippen LogP contribution in [0.5, 0.6) is 11.5 Å². The zero-order chi connectivity index (χ0) is 20.1. The lowest BCUT2D eigenvalue weighted by atomic mass is 10.1. The Morgan fingerprint density at radius 3 is 2.57 bits per heavy atom. The van der Waals surface area contributed by atoms with Crippen LogP contribution in [0.4, 0.5) is 0 Å². The van der Waals surface area contributed by atoms with Gasteiger partial charge in [-0.25, -0.2) is 13.2 Å². The third-order valence-corrected chi connectivity index (χ3v) is 7.55. The summed E-state index contributed by atoms with van der Waals surface area (Å²) < 4.78 is 42.3. The van der Waals surface area contributed by atoms with Gasteiger partial charge in [0.15, 0.2) is 21.3 Å². The summed E-state index contributed by atoms with van der Waals surface area (Å²) in [6.07, 6.45) is 0. The van der Waals surface area contributed by atoms with Crippen LogP contribution in [0.2, 0.25) is 5.02 Å². The van der Waals surface area contributed by atoms with Crippen LogP contribution >= 0.6 is 11.6 Å². The van der Waals surface area contributed by atoms with Crippen LogP contribution < -0.4 is 15.2 Å². The van der Waals surface area contributed by atoms with Crippen molar-refractivity contribution in [2.24, 2.45) is 5.73 Å². The fraction of sp³-hybridized carbons (Fsp3) is 0.316. The highest BCUT2D eigenvalue weighted by atomic mass is 35.5. The van der Waals surface area contributed by atoms with Gasteiger partial charge in [0.25, 0.3) is 0 Å². The van der Waals surface area contributed by atoms with E-state index in [1.54, 1.807) is 25.1 Å². The van der Waals surface area contributed by atoms with E-state index in [1.165, 1.54) is 24.3 Å². The molecule has 0 aromatic heterocycles. The molecule has 2 aromatic carbocycles. The number of hydrogen-bond donors (Lipinski definition) is 1. The van der Waals surface area contributed by atoms with E-state index >= 15 is 0 Å². The van der Waals surface area contributed by atoms with Crippen LogP contribution in [0.3, 0.4) is 0 Å². The van der Waals surface area contributed by atoms with E-state index in [2.05, 4.69) is 0 Å². The van der Waals surface area contributed by atoms with Gasteiger partial charge in [0.05, 0.1) is 11.5 Å². The molecule has 0 amide bonds. The van der Waals surface area contributed by atoms with Crippen molar-refractivity contribution in [2.45, 2.75) is 28.5 Å². The number of benzene rings is 2. The van der Waals surface area contributed by atoms with Gasteiger partial charge in [-0.15, -0.1) is 0 Å². The highest BCUT2D eigenvalue weighted by molar-refractivity contribution is 7.92. The molecule has 2 aromatic rings. The van der Waals surface area contributed by atoms with Gasteiger partial charge in [-0.3, -0.25) is 0 Å². The third kappa shape index (κ3) is 2.83. The first-order chi connectivity index (χ1) is 13.3. The second-order valence-corrected chi connectivity index (χ2v) is 9.17. The van der Waals surface area contributed by atoms with Crippen molar-refractivity contribution < 1.29 is 27.4 Å². The summed E-state index contributed by atoms with van der Waals surface area (Å²) in [6.45, 7) is 1.82. The minimum Gasteiger partial charge on any atom is -0.465 e. The molecule has 1 saturated carbocycles. The molecule has 1 heterocycles. The zero-order valence-electron chi connectivity index (χ0n) is 14.9. The van der Waals surface area contributed by atoms with Gasteiger partial charge >= 0.3 is 5.97 Å². The number of carbonyl (C=O) groups excluding carboxylic acids is 1. The fourth-order valence-electron chi connectivity index (χ4n) is 3.64. The Hall–Kier alpha value is -2.29. The molecule has 0 unspecified atom stereocenters. The molecule has 4 rings (SSSR count). The average Bonchev–Trinajstić information content (AvgIpc) is 3.07. The standard InChI is InChI=1S/C19H18ClNO6S/c1-2-25-18(22)19(21)16(11-3-8-14-15(9-11)27-10-26-14)17(19)28(23,24)13-6-4-12(20)5-7-13/h3-9,16-17H,2,10,21H2,1H3/t16-,17+,19-/m1/s1. The maximum absolute atomic E-state index is 13.3. The maximum atomic E-state index is 13.3. The number of nitrogens with two attached hydrogens (primary N) is 1. The van der Waals surface area contributed by atoms with Gasteiger partial charge in [0.1, 0.15) is 10.8 Å². The highest BCUT2D eigenvalue weighted by Gasteiger charge is 2.74. The van der Waals surface area contributed by atoms with Crippen molar-refractivity contribution in [2.75, 3.05) is 13.4 Å². The quantitative estimate of drug-likeness (QED) is 0.735. The van der Waals surface area contributed by atoms with E-state index in [9.17, 15) is 13.2 Å². The number of rotatable bonds is 5. The van der Waals surface area contributed by atoms with Crippen LogP contribution in [-0.2, 0) is 19.4 Å². The zero-order valence-corrected chi connectivity index (χ0v) is 16.5. The third-order valence-electron chi connectivity index (χ3n) is 5.04. The minimum absolute atomic E-state index is 0.0456. The number of halogens is 1. The molecule has 1 fully saturated rings. The summed E-state index contributed by atoms with van der Waals surface area (Å²) in [7, 11) is -3.92. The predicted molar refractivity (Wildman–Crippen MR) is 101 cm³/mol. The Balaban J connectivity index is 1.77. The maximum Gasteiger partial charge on any atom is 0.328 e. The normalized spacial score (nSPS) is 25.4. The van der Waals surface area contributed by atoms with Crippen LogP contribution in [0.1, 0.15) is 18.4 Å². The molecule has 1 aliphatic carbocycles. The molecule has 0 bridgehead atoms. The van der Waals surface area contributed by atoms with E-state index < -0.39 is 32.5 Å². The summed E-state index contributed by atoms with van der Waals surface area (Å²) in [4.78, 5) is 12.6. The Kier molecular flexibility index (Phi) is 4.52. The number of carbonyl (C=O) groups is 1. The summed E-state index contributed by atoms with van der Waals surface area (Å²) in [6, 6.07) is 10.8. The number of esters is 1. The van der Waals surface area contributed by atoms with E-state index in [0.717, 1.165) is 0 Å². The van der Waals surface area contributed by atoms with Gasteiger partial charge in [0, 0.05) is 10.9 Å². The molecule has 9 heteroatoms. The van der Waals surface area contributed by atoms with Crippen LogP contribution in [-0.4, -0.2) is 38.6 Å². The molecule has 0 radical (unpaired) electrons. The van der Waals surface area contributed by atoms with Crippen molar-refractivity contribution in [3.63, 3.8) is 0 Å². The van der Waals surface area contributed by atoms with Crippen molar-refractivity contribution in [3.8, 4) is 11.5 Å². The molecule has 7 nitrogen and oxygen atoms in total. The Bertz CT molecular complexity index is 1040. The SMILES string of the molecule is CCOC(=O)[C@@]1(N)[C@H](c2ccc3c(c2)OCO3)[C@@H]1S(=O)(=O)c1ccc(Cl)cc1. The number of ether oxygens (including phenoxy) is 3. The molecule has 1 aliphatic heterocycles. The number of sulfone groups is 1. The van der Waals surface area contributed by atoms with Crippen molar-refractivity contribution in [1.82, 2.24) is 0 Å². The monoisotopic (exact) mass is 423 g/mol. The van der Waals surface area contributed by atoms with Gasteiger partial charge in [0.2, 0.25) is 6.79 Å². The Morgan fingerprint density at radius 1 is 1.21 bits per heavy atom. The van der Waals surface area contributed by atoms with E-state index in [4.69, 9.17) is 31.5 Å². The molecular formula is C19H18ClNO6S. The number of fused-ring (bicyclic) bond motifs is 1. The Morgan fingerprint density at radius 2 is 1.89 bits per heavy atom. The molecule has 0 spiro atoms. The smallest absolute Gasteiger partial charge is 0.328 e. The lowest BCUT2D eigenvalue weighted by molar-refractivity contribution is -0.145. The largest absolute Gasteiger partial charge is 0.465 e. The molecule has 2 N–H and O–H groups in total. The van der Waals surface area contributed by atoms with E-state index in [0.29, 0.717) is 22.1 Å². The van der Waals surface area contributed by atoms with Crippen LogP contribution in [0.15, 0.2) is 47.4 Å². The van der Waals surface area contributed by atoms with Gasteiger partial charge in [-0.1, -0.05) is 17.7 Å². The molecule has 3 atom stereocenters. The fourth-order valence-corrected chi connectivity index (χ4v) is 5.99. The van der Waals surface area contributed by atoms with Crippen molar-refractivity contribution in [1.29, 1.82) is 0 Å². The summed E-state index contributed by atoms with van der Waals surface area (Å²) in [5.41, 5.74) is 5.22. The topological polar surface area (TPSA) is 105 Å². The highest BCUT2D eigenvalue weighted by Crippen LogP contribution is 2.57. The molecule has 28 heavy (non-hydrogen) atoms. The first kappa shape index (κ1) is 19.0. The van der Waals surface area contributed by atoms with E-state index in [1.807, 2.05) is 0 Å². The van der Waals surface area contributed by atoms with Crippen LogP contribution in [0, 0.1) is 0 Å². The first-order valence-corrected chi connectivity index (χ1v) is 10.6. The average molecular weight is 424 g/mol. The van der Waals surface area contributed by atoms with Crippen LogP contribution in [0.25, 0.3) is 0 Å². The summed E-state index contributed by atoms with van der Waals surface area (Å²) >= 11 is 5.86. The Labute approximate surface area is 167 Å². The summed E-state index contributed by atoms with van der Waals surface area (Å²) in [5.74, 6) is -0.486. The predicted octanol–water partition coefficient (Wildman–Crippen LogP) is 2.27. The second kappa shape index (κ2) is 6.65. The van der Waals surface area contributed by atoms with E-state index in [-0.39, 0.29) is 18.3 Å². The van der Waals surface area contributed by atoms with Gasteiger partial charge in [-0.2, -0.15) is 0 Å².